The molecule has 9 nitrogen and oxygen atoms in total. The van der Waals surface area contributed by atoms with Crippen LogP contribution in [0.1, 0.15) is 84.5 Å². The Kier molecular flexibility index (Phi) is 11.1. The number of pyridine rings is 1. The zero-order valence-corrected chi connectivity index (χ0v) is 21.1. The maximum atomic E-state index is 13.5. The molecule has 1 heterocycles. The van der Waals surface area contributed by atoms with Crippen LogP contribution < -0.4 is 15.4 Å². The first-order valence-electron chi connectivity index (χ1n) is 12.3. The summed E-state index contributed by atoms with van der Waals surface area (Å²) in [6, 6.07) is 1.93. The van der Waals surface area contributed by atoms with Crippen molar-refractivity contribution < 1.29 is 22.8 Å². The summed E-state index contributed by atoms with van der Waals surface area (Å²) in [6.07, 6.45) is 10.0. The van der Waals surface area contributed by atoms with Gasteiger partial charge in [-0.15, -0.1) is 0 Å². The number of carbonyl (C=O) groups excluding carboxylic acids is 3. The van der Waals surface area contributed by atoms with Crippen LogP contribution in [0.25, 0.3) is 0 Å². The quantitative estimate of drug-likeness (QED) is 0.269. The highest BCUT2D eigenvalue weighted by Gasteiger charge is 2.44. The minimum absolute atomic E-state index is 0.0298. The smallest absolute Gasteiger partial charge is 0.289 e. The van der Waals surface area contributed by atoms with Gasteiger partial charge in [-0.05, 0) is 37.8 Å². The number of sulfonamides is 1. The molecule has 1 aliphatic rings. The lowest BCUT2D eigenvalue weighted by Crippen LogP contribution is -2.62. The number of ketones is 1. The number of aromatic nitrogens is 1. The Balaban J connectivity index is 2.19. The standard InChI is InChI=1S/C24H38N4O5S/c1-3-5-10-17-26-22(30)21(29)20(13-6-4-2)27-23(31)24(14-8-7-9-15-24)28-34(32,33)19-12-11-16-25-18-19/h11-12,16,18,20,28H,3-10,13-15,17H2,1-2H3,(H,26,30)(H,27,31)/t20-/m0/s1. The van der Waals surface area contributed by atoms with Gasteiger partial charge in [0.2, 0.25) is 21.7 Å². The van der Waals surface area contributed by atoms with Crippen molar-refractivity contribution in [3.8, 4) is 0 Å². The summed E-state index contributed by atoms with van der Waals surface area (Å²) >= 11 is 0. The van der Waals surface area contributed by atoms with Crippen LogP contribution in [-0.2, 0) is 24.4 Å². The summed E-state index contributed by atoms with van der Waals surface area (Å²) < 4.78 is 28.6. The molecular weight excluding hydrogens is 456 g/mol. The zero-order chi connectivity index (χ0) is 25.0. The number of hydrogen-bond acceptors (Lipinski definition) is 6. The van der Waals surface area contributed by atoms with Crippen molar-refractivity contribution in [2.24, 2.45) is 0 Å². The van der Waals surface area contributed by atoms with E-state index in [1.807, 2.05) is 13.8 Å². The molecule has 190 valence electrons. The van der Waals surface area contributed by atoms with Crippen molar-refractivity contribution in [1.82, 2.24) is 20.3 Å². The molecule has 1 aliphatic carbocycles. The molecule has 1 saturated carbocycles. The monoisotopic (exact) mass is 494 g/mol. The average molecular weight is 495 g/mol. The average Bonchev–Trinajstić information content (AvgIpc) is 2.84. The van der Waals surface area contributed by atoms with Crippen LogP contribution in [0, 0.1) is 0 Å². The molecule has 0 aromatic carbocycles. The minimum atomic E-state index is -4.01. The van der Waals surface area contributed by atoms with Crippen LogP contribution in [0.15, 0.2) is 29.4 Å². The van der Waals surface area contributed by atoms with Crippen molar-refractivity contribution in [1.29, 1.82) is 0 Å². The van der Waals surface area contributed by atoms with Gasteiger partial charge in [0, 0.05) is 18.9 Å². The lowest BCUT2D eigenvalue weighted by molar-refractivity contribution is -0.141. The molecule has 0 aliphatic heterocycles. The van der Waals surface area contributed by atoms with E-state index < -0.39 is 39.2 Å². The molecule has 0 bridgehead atoms. The van der Waals surface area contributed by atoms with Crippen LogP contribution in [-0.4, -0.2) is 49.1 Å². The molecular formula is C24H38N4O5S. The molecule has 3 N–H and O–H groups in total. The van der Waals surface area contributed by atoms with Gasteiger partial charge >= 0.3 is 0 Å². The van der Waals surface area contributed by atoms with E-state index in [2.05, 4.69) is 20.3 Å². The molecule has 1 aromatic rings. The first-order chi connectivity index (χ1) is 16.3. The Bertz CT molecular complexity index is 915. The van der Waals surface area contributed by atoms with E-state index in [0.29, 0.717) is 45.1 Å². The predicted molar refractivity (Wildman–Crippen MR) is 129 cm³/mol. The highest BCUT2D eigenvalue weighted by atomic mass is 32.2. The van der Waals surface area contributed by atoms with E-state index in [1.54, 1.807) is 0 Å². The van der Waals surface area contributed by atoms with Crippen molar-refractivity contribution in [3.05, 3.63) is 24.5 Å². The van der Waals surface area contributed by atoms with Crippen LogP contribution in [0.3, 0.4) is 0 Å². The molecule has 10 heteroatoms. The Labute approximate surface area is 202 Å². The van der Waals surface area contributed by atoms with Gasteiger partial charge in [-0.25, -0.2) is 8.42 Å². The zero-order valence-electron chi connectivity index (χ0n) is 20.3. The molecule has 34 heavy (non-hydrogen) atoms. The maximum Gasteiger partial charge on any atom is 0.289 e. The topological polar surface area (TPSA) is 134 Å². The molecule has 1 atom stereocenters. The summed E-state index contributed by atoms with van der Waals surface area (Å²) in [7, 11) is -4.01. The van der Waals surface area contributed by atoms with Crippen LogP contribution in [0.2, 0.25) is 0 Å². The molecule has 0 unspecified atom stereocenters. The van der Waals surface area contributed by atoms with E-state index in [4.69, 9.17) is 0 Å². The molecule has 1 fully saturated rings. The normalized spacial score (nSPS) is 16.4. The van der Waals surface area contributed by atoms with Crippen molar-refractivity contribution in [2.75, 3.05) is 6.54 Å². The van der Waals surface area contributed by atoms with Gasteiger partial charge in [0.15, 0.2) is 0 Å². The third kappa shape index (κ3) is 7.87. The SMILES string of the molecule is CCCCCNC(=O)C(=O)[C@H](CCCC)NC(=O)C1(NS(=O)(=O)c2cccnc2)CCCCC1. The summed E-state index contributed by atoms with van der Waals surface area (Å²) in [5.74, 6) is -1.97. The number of rotatable bonds is 14. The van der Waals surface area contributed by atoms with E-state index >= 15 is 0 Å². The Morgan fingerprint density at radius 2 is 1.76 bits per heavy atom. The van der Waals surface area contributed by atoms with Crippen LogP contribution in [0.4, 0.5) is 0 Å². The van der Waals surface area contributed by atoms with E-state index in [-0.39, 0.29) is 4.90 Å². The fraction of sp³-hybridized carbons (Fsp3) is 0.667. The summed E-state index contributed by atoms with van der Waals surface area (Å²) in [5, 5.41) is 5.36. The molecule has 0 spiro atoms. The summed E-state index contributed by atoms with van der Waals surface area (Å²) in [4.78, 5) is 42.6. The Hall–Kier alpha value is -2.33. The van der Waals surface area contributed by atoms with Crippen LogP contribution >= 0.6 is 0 Å². The summed E-state index contributed by atoms with van der Waals surface area (Å²) in [6.45, 7) is 4.41. The second-order valence-corrected chi connectivity index (χ2v) is 10.6. The van der Waals surface area contributed by atoms with Gasteiger partial charge in [-0.2, -0.15) is 4.72 Å². The van der Waals surface area contributed by atoms with E-state index in [9.17, 15) is 22.8 Å². The third-order valence-electron chi connectivity index (χ3n) is 6.17. The van der Waals surface area contributed by atoms with E-state index in [0.717, 1.165) is 32.1 Å². The first-order valence-corrected chi connectivity index (χ1v) is 13.8. The number of amides is 2. The third-order valence-corrected chi connectivity index (χ3v) is 7.70. The largest absolute Gasteiger partial charge is 0.349 e. The predicted octanol–water partition coefficient (Wildman–Crippen LogP) is 2.61. The maximum absolute atomic E-state index is 13.5. The fourth-order valence-electron chi connectivity index (χ4n) is 4.15. The number of nitrogens with zero attached hydrogens (tertiary/aromatic N) is 1. The van der Waals surface area contributed by atoms with Gasteiger partial charge in [-0.1, -0.05) is 58.8 Å². The second-order valence-electron chi connectivity index (χ2n) is 8.93. The molecule has 2 rings (SSSR count). The molecule has 2 amide bonds. The van der Waals surface area contributed by atoms with Gasteiger partial charge in [-0.3, -0.25) is 19.4 Å². The van der Waals surface area contributed by atoms with Gasteiger partial charge in [0.1, 0.15) is 10.4 Å². The first kappa shape index (κ1) is 27.9. The number of Topliss-reactive ketones (excluding diaryl/α,β-unsaturated/α-hetero) is 1. The highest BCUT2D eigenvalue weighted by molar-refractivity contribution is 7.89. The van der Waals surface area contributed by atoms with E-state index in [1.165, 1.54) is 24.5 Å². The lowest BCUT2D eigenvalue weighted by Gasteiger charge is -2.37. The lowest BCUT2D eigenvalue weighted by atomic mass is 9.81. The Morgan fingerprint density at radius 3 is 2.38 bits per heavy atom. The number of hydrogen-bond donors (Lipinski definition) is 3. The summed E-state index contributed by atoms with van der Waals surface area (Å²) in [5.41, 5.74) is -1.38. The fourth-order valence-corrected chi connectivity index (χ4v) is 5.54. The number of carbonyl (C=O) groups is 3. The second kappa shape index (κ2) is 13.5. The molecule has 1 aromatic heterocycles. The highest BCUT2D eigenvalue weighted by Crippen LogP contribution is 2.30. The van der Waals surface area contributed by atoms with Crippen molar-refractivity contribution in [2.45, 2.75) is 101 Å². The van der Waals surface area contributed by atoms with Crippen molar-refractivity contribution in [3.63, 3.8) is 0 Å². The van der Waals surface area contributed by atoms with Crippen molar-refractivity contribution >= 4 is 27.6 Å². The number of nitrogens with one attached hydrogen (secondary N) is 3. The Morgan fingerprint density at radius 1 is 1.06 bits per heavy atom. The minimum Gasteiger partial charge on any atom is -0.349 e. The number of unbranched alkanes of at least 4 members (excludes halogenated alkanes) is 3. The van der Waals surface area contributed by atoms with Gasteiger partial charge in [0.25, 0.3) is 5.91 Å². The molecule has 0 saturated heterocycles. The van der Waals surface area contributed by atoms with Crippen LogP contribution in [0.5, 0.6) is 0 Å². The van der Waals surface area contributed by atoms with Gasteiger partial charge in [0.05, 0.1) is 6.04 Å². The molecule has 0 radical (unpaired) electrons. The van der Waals surface area contributed by atoms with Gasteiger partial charge < -0.3 is 10.6 Å².